The second-order valence-corrected chi connectivity index (χ2v) is 5.31. The molecule has 0 saturated carbocycles. The van der Waals surface area contributed by atoms with E-state index in [1.54, 1.807) is 4.90 Å². The van der Waals surface area contributed by atoms with Crippen LogP contribution in [0.3, 0.4) is 0 Å². The minimum absolute atomic E-state index is 0.000787. The van der Waals surface area contributed by atoms with Crippen molar-refractivity contribution in [1.29, 1.82) is 5.26 Å². The van der Waals surface area contributed by atoms with Crippen LogP contribution in [0.1, 0.15) is 6.42 Å². The Bertz CT molecular complexity index is 461. The molecule has 1 unspecified atom stereocenters. The summed E-state index contributed by atoms with van der Waals surface area (Å²) in [7, 11) is 0. The number of halogens is 2. The summed E-state index contributed by atoms with van der Waals surface area (Å²) in [5.74, 6) is -0.203. The standard InChI is InChI=1S/C11H8Br2N2O/c12-8-2-1-3-9(13)11(8)15-6-7(5-14)4-10(15)16/h1-3,7H,4,6H2. The third-order valence-corrected chi connectivity index (χ3v) is 3.79. The van der Waals surface area contributed by atoms with Gasteiger partial charge in [0.05, 0.1) is 17.7 Å². The first-order valence-electron chi connectivity index (χ1n) is 4.77. The first-order chi connectivity index (χ1) is 7.63. The Kier molecular flexibility index (Phi) is 3.31. The van der Waals surface area contributed by atoms with Gasteiger partial charge in [-0.25, -0.2) is 0 Å². The van der Waals surface area contributed by atoms with E-state index in [0.717, 1.165) is 14.6 Å². The molecule has 1 aromatic rings. The number of nitriles is 1. The fourth-order valence-corrected chi connectivity index (χ4v) is 3.18. The largest absolute Gasteiger partial charge is 0.309 e. The van der Waals surface area contributed by atoms with Crippen LogP contribution in [-0.2, 0) is 4.79 Å². The van der Waals surface area contributed by atoms with Gasteiger partial charge in [-0.3, -0.25) is 4.79 Å². The number of amides is 1. The van der Waals surface area contributed by atoms with E-state index in [2.05, 4.69) is 37.9 Å². The number of benzene rings is 1. The van der Waals surface area contributed by atoms with E-state index in [-0.39, 0.29) is 11.8 Å². The SMILES string of the molecule is N#CC1CC(=O)N(c2c(Br)cccc2Br)C1. The average Bonchev–Trinajstić information content (AvgIpc) is 2.60. The number of hydrogen-bond donors (Lipinski definition) is 0. The number of hydrogen-bond acceptors (Lipinski definition) is 2. The number of carbonyl (C=O) groups is 1. The second kappa shape index (κ2) is 4.56. The van der Waals surface area contributed by atoms with Crippen molar-refractivity contribution in [1.82, 2.24) is 0 Å². The molecule has 1 heterocycles. The summed E-state index contributed by atoms with van der Waals surface area (Å²) in [6, 6.07) is 7.79. The number of rotatable bonds is 1. The van der Waals surface area contributed by atoms with Crippen molar-refractivity contribution in [3.05, 3.63) is 27.1 Å². The molecule has 82 valence electrons. The Labute approximate surface area is 110 Å². The third-order valence-electron chi connectivity index (χ3n) is 2.52. The van der Waals surface area contributed by atoms with Crippen LogP contribution in [0.25, 0.3) is 0 Å². The molecule has 1 amide bonds. The predicted molar refractivity (Wildman–Crippen MR) is 67.9 cm³/mol. The molecule has 0 radical (unpaired) electrons. The average molecular weight is 344 g/mol. The van der Waals surface area contributed by atoms with Crippen LogP contribution in [0.15, 0.2) is 27.1 Å². The fraction of sp³-hybridized carbons (Fsp3) is 0.273. The molecule has 1 aliphatic heterocycles. The predicted octanol–water partition coefficient (Wildman–Crippen LogP) is 3.09. The fourth-order valence-electron chi connectivity index (χ4n) is 1.76. The van der Waals surface area contributed by atoms with Crippen LogP contribution >= 0.6 is 31.9 Å². The van der Waals surface area contributed by atoms with Gasteiger partial charge in [-0.05, 0) is 44.0 Å². The molecule has 2 rings (SSSR count). The van der Waals surface area contributed by atoms with Crippen molar-refractivity contribution in [3.63, 3.8) is 0 Å². The molecule has 1 aromatic carbocycles. The lowest BCUT2D eigenvalue weighted by Gasteiger charge is -2.19. The van der Waals surface area contributed by atoms with Crippen molar-refractivity contribution >= 4 is 43.5 Å². The van der Waals surface area contributed by atoms with Gasteiger partial charge in [0.2, 0.25) is 5.91 Å². The van der Waals surface area contributed by atoms with Gasteiger partial charge in [-0.2, -0.15) is 5.26 Å². The summed E-state index contributed by atoms with van der Waals surface area (Å²) >= 11 is 6.84. The molecule has 1 aliphatic rings. The number of anilines is 1. The highest BCUT2D eigenvalue weighted by Crippen LogP contribution is 2.37. The summed E-state index contributed by atoms with van der Waals surface area (Å²) in [6.45, 7) is 0.469. The maximum atomic E-state index is 11.8. The minimum atomic E-state index is -0.202. The van der Waals surface area contributed by atoms with Crippen LogP contribution in [-0.4, -0.2) is 12.5 Å². The van der Waals surface area contributed by atoms with E-state index in [4.69, 9.17) is 5.26 Å². The van der Waals surface area contributed by atoms with E-state index in [1.807, 2.05) is 18.2 Å². The zero-order valence-corrected chi connectivity index (χ0v) is 11.5. The van der Waals surface area contributed by atoms with E-state index in [0.29, 0.717) is 13.0 Å². The first-order valence-corrected chi connectivity index (χ1v) is 6.36. The highest BCUT2D eigenvalue weighted by atomic mass is 79.9. The van der Waals surface area contributed by atoms with Crippen LogP contribution in [0.2, 0.25) is 0 Å². The van der Waals surface area contributed by atoms with Crippen molar-refractivity contribution in [2.24, 2.45) is 5.92 Å². The zero-order chi connectivity index (χ0) is 11.7. The molecule has 0 spiro atoms. The molecule has 1 saturated heterocycles. The molecule has 0 bridgehead atoms. The van der Waals surface area contributed by atoms with Gasteiger partial charge in [0, 0.05) is 21.9 Å². The van der Waals surface area contributed by atoms with E-state index in [9.17, 15) is 4.79 Å². The Morgan fingerprint density at radius 1 is 1.38 bits per heavy atom. The minimum Gasteiger partial charge on any atom is -0.309 e. The van der Waals surface area contributed by atoms with Gasteiger partial charge in [0.15, 0.2) is 0 Å². The van der Waals surface area contributed by atoms with Crippen LogP contribution in [0.5, 0.6) is 0 Å². The lowest BCUT2D eigenvalue weighted by Crippen LogP contribution is -2.25. The van der Waals surface area contributed by atoms with E-state index in [1.165, 1.54) is 0 Å². The summed E-state index contributed by atoms with van der Waals surface area (Å²) in [5, 5.41) is 8.83. The summed E-state index contributed by atoms with van der Waals surface area (Å²) < 4.78 is 1.71. The second-order valence-electron chi connectivity index (χ2n) is 3.60. The van der Waals surface area contributed by atoms with E-state index < -0.39 is 0 Å². The molecule has 5 heteroatoms. The van der Waals surface area contributed by atoms with Crippen molar-refractivity contribution < 1.29 is 4.79 Å². The molecule has 1 fully saturated rings. The lowest BCUT2D eigenvalue weighted by molar-refractivity contribution is -0.117. The summed E-state index contributed by atoms with van der Waals surface area (Å²) in [6.07, 6.45) is 0.310. The molecule has 0 aliphatic carbocycles. The van der Waals surface area contributed by atoms with Crippen molar-refractivity contribution in [2.45, 2.75) is 6.42 Å². The molecular formula is C11H8Br2N2O. The van der Waals surface area contributed by atoms with Crippen molar-refractivity contribution in [3.8, 4) is 6.07 Å². The first kappa shape index (κ1) is 11.6. The van der Waals surface area contributed by atoms with Crippen LogP contribution in [0, 0.1) is 17.2 Å². The molecule has 3 nitrogen and oxygen atoms in total. The molecular weight excluding hydrogens is 336 g/mol. The Morgan fingerprint density at radius 2 is 2.00 bits per heavy atom. The van der Waals surface area contributed by atoms with Gasteiger partial charge >= 0.3 is 0 Å². The maximum Gasteiger partial charge on any atom is 0.228 e. The third kappa shape index (κ3) is 2.00. The van der Waals surface area contributed by atoms with Gasteiger partial charge in [-0.1, -0.05) is 6.07 Å². The number of nitrogens with zero attached hydrogens (tertiary/aromatic N) is 2. The Hall–Kier alpha value is -0.860. The molecule has 0 N–H and O–H groups in total. The Morgan fingerprint density at radius 3 is 2.50 bits per heavy atom. The van der Waals surface area contributed by atoms with Gasteiger partial charge in [0.1, 0.15) is 0 Å². The topological polar surface area (TPSA) is 44.1 Å². The summed E-state index contributed by atoms with van der Waals surface area (Å²) in [4.78, 5) is 13.4. The van der Waals surface area contributed by atoms with Crippen molar-refractivity contribution in [2.75, 3.05) is 11.4 Å². The summed E-state index contributed by atoms with van der Waals surface area (Å²) in [5.41, 5.74) is 0.810. The van der Waals surface area contributed by atoms with Gasteiger partial charge in [-0.15, -0.1) is 0 Å². The van der Waals surface area contributed by atoms with Gasteiger partial charge in [0.25, 0.3) is 0 Å². The quantitative estimate of drug-likeness (QED) is 0.786. The smallest absolute Gasteiger partial charge is 0.228 e. The molecule has 16 heavy (non-hydrogen) atoms. The normalized spacial score (nSPS) is 19.9. The van der Waals surface area contributed by atoms with E-state index >= 15 is 0 Å². The Balaban J connectivity index is 2.39. The lowest BCUT2D eigenvalue weighted by atomic mass is 10.1. The van der Waals surface area contributed by atoms with Crippen LogP contribution < -0.4 is 4.90 Å². The maximum absolute atomic E-state index is 11.8. The molecule has 0 aromatic heterocycles. The highest BCUT2D eigenvalue weighted by Gasteiger charge is 2.32. The number of para-hydroxylation sites is 1. The van der Waals surface area contributed by atoms with Gasteiger partial charge < -0.3 is 4.90 Å². The number of carbonyl (C=O) groups excluding carboxylic acids is 1. The highest BCUT2D eigenvalue weighted by molar-refractivity contribution is 9.11. The monoisotopic (exact) mass is 342 g/mol. The van der Waals surface area contributed by atoms with Crippen LogP contribution in [0.4, 0.5) is 5.69 Å². The zero-order valence-electron chi connectivity index (χ0n) is 8.28. The molecule has 1 atom stereocenters.